The van der Waals surface area contributed by atoms with Gasteiger partial charge in [0.1, 0.15) is 0 Å². The van der Waals surface area contributed by atoms with Crippen molar-refractivity contribution in [2.75, 3.05) is 17.6 Å². The second-order valence-corrected chi connectivity index (χ2v) is 9.06. The highest BCUT2D eigenvalue weighted by atomic mass is 35.5. The molecular formula is C19H20Cl2N2O3S. The van der Waals surface area contributed by atoms with Crippen LogP contribution in [0.4, 0.5) is 5.69 Å². The van der Waals surface area contributed by atoms with E-state index in [1.54, 1.807) is 24.3 Å². The fourth-order valence-electron chi connectivity index (χ4n) is 3.46. The number of benzene rings is 2. The molecule has 0 saturated heterocycles. The van der Waals surface area contributed by atoms with Gasteiger partial charge in [0, 0.05) is 21.6 Å². The number of aromatic nitrogens is 1. The molecule has 1 aromatic heterocycles. The van der Waals surface area contributed by atoms with Crippen LogP contribution in [0, 0.1) is 0 Å². The van der Waals surface area contributed by atoms with Gasteiger partial charge in [-0.3, -0.25) is 4.72 Å². The summed E-state index contributed by atoms with van der Waals surface area (Å²) < 4.78 is 27.8. The van der Waals surface area contributed by atoms with Gasteiger partial charge in [-0.15, -0.1) is 0 Å². The Balaban J connectivity index is 2.26. The smallest absolute Gasteiger partial charge is 0.229 e. The summed E-state index contributed by atoms with van der Waals surface area (Å²) in [7, 11) is -3.41. The van der Waals surface area contributed by atoms with Crippen molar-refractivity contribution in [3.05, 3.63) is 64.3 Å². The number of aliphatic hydroxyl groups is 1. The van der Waals surface area contributed by atoms with Crippen molar-refractivity contribution in [1.82, 2.24) is 4.57 Å². The monoisotopic (exact) mass is 426 g/mol. The molecule has 1 unspecified atom stereocenters. The minimum atomic E-state index is -3.41. The molecule has 0 saturated carbocycles. The second kappa shape index (κ2) is 7.36. The first-order chi connectivity index (χ1) is 12.7. The largest absolute Gasteiger partial charge is 0.394 e. The average Bonchev–Trinajstić information content (AvgIpc) is 3.02. The van der Waals surface area contributed by atoms with Gasteiger partial charge in [-0.05, 0) is 42.3 Å². The van der Waals surface area contributed by atoms with Gasteiger partial charge < -0.3 is 9.67 Å². The molecule has 2 N–H and O–H groups in total. The van der Waals surface area contributed by atoms with E-state index < -0.39 is 15.6 Å². The molecule has 0 aliphatic carbocycles. The summed E-state index contributed by atoms with van der Waals surface area (Å²) in [6, 6.07) is 12.4. The molecule has 3 aromatic rings. The molecule has 2 aromatic carbocycles. The fourth-order valence-corrected chi connectivity index (χ4v) is 4.62. The maximum absolute atomic E-state index is 11.7. The third kappa shape index (κ3) is 3.67. The van der Waals surface area contributed by atoms with E-state index in [1.165, 1.54) is 0 Å². The molecule has 0 aliphatic rings. The molecule has 8 heteroatoms. The Morgan fingerprint density at radius 3 is 2.52 bits per heavy atom. The fraction of sp³-hybridized carbons (Fsp3) is 0.263. The third-order valence-electron chi connectivity index (χ3n) is 4.77. The number of hydrogen-bond donors (Lipinski definition) is 2. The lowest BCUT2D eigenvalue weighted by Crippen LogP contribution is -2.38. The SMILES string of the molecule is CCC(CO)(c1ccc(Cl)cc1Cl)n1ccc2c(NS(C)(=O)=O)cccc21. The van der Waals surface area contributed by atoms with Crippen LogP contribution in [0.15, 0.2) is 48.7 Å². The first kappa shape index (κ1) is 20.0. The quantitative estimate of drug-likeness (QED) is 0.610. The molecule has 0 bridgehead atoms. The highest BCUT2D eigenvalue weighted by Crippen LogP contribution is 2.39. The van der Waals surface area contributed by atoms with Gasteiger partial charge in [0.2, 0.25) is 10.0 Å². The number of fused-ring (bicyclic) bond motifs is 1. The molecule has 0 spiro atoms. The lowest BCUT2D eigenvalue weighted by atomic mass is 9.87. The van der Waals surface area contributed by atoms with Gasteiger partial charge in [0.15, 0.2) is 0 Å². The predicted molar refractivity (Wildman–Crippen MR) is 111 cm³/mol. The van der Waals surface area contributed by atoms with Crippen molar-refractivity contribution < 1.29 is 13.5 Å². The zero-order chi connectivity index (χ0) is 19.8. The topological polar surface area (TPSA) is 71.3 Å². The minimum absolute atomic E-state index is 0.182. The van der Waals surface area contributed by atoms with Gasteiger partial charge in [0.25, 0.3) is 0 Å². The molecule has 5 nitrogen and oxygen atoms in total. The molecule has 3 rings (SSSR count). The van der Waals surface area contributed by atoms with Crippen molar-refractivity contribution in [2.24, 2.45) is 0 Å². The molecular weight excluding hydrogens is 407 g/mol. The number of aliphatic hydroxyl groups excluding tert-OH is 1. The number of nitrogens with one attached hydrogen (secondary N) is 1. The summed E-state index contributed by atoms with van der Waals surface area (Å²) in [5.41, 5.74) is 1.20. The summed E-state index contributed by atoms with van der Waals surface area (Å²) in [4.78, 5) is 0. The van der Waals surface area contributed by atoms with Crippen LogP contribution in [-0.2, 0) is 15.6 Å². The van der Waals surface area contributed by atoms with Crippen LogP contribution in [0.1, 0.15) is 18.9 Å². The van der Waals surface area contributed by atoms with E-state index in [1.807, 2.05) is 35.9 Å². The van der Waals surface area contributed by atoms with Gasteiger partial charge in [-0.25, -0.2) is 8.42 Å². The van der Waals surface area contributed by atoms with Crippen molar-refractivity contribution in [2.45, 2.75) is 18.9 Å². The van der Waals surface area contributed by atoms with Crippen molar-refractivity contribution in [3.8, 4) is 0 Å². The highest BCUT2D eigenvalue weighted by molar-refractivity contribution is 7.92. The van der Waals surface area contributed by atoms with Crippen molar-refractivity contribution >= 4 is 49.8 Å². The second-order valence-electron chi connectivity index (χ2n) is 6.47. The Labute approximate surface area is 168 Å². The summed E-state index contributed by atoms with van der Waals surface area (Å²) in [5, 5.41) is 12.1. The Hall–Kier alpha value is -1.73. The number of hydrogen-bond acceptors (Lipinski definition) is 3. The van der Waals surface area contributed by atoms with Crippen LogP contribution in [-0.4, -0.2) is 31.0 Å². The Bertz CT molecular complexity index is 1090. The summed E-state index contributed by atoms with van der Waals surface area (Å²) >= 11 is 12.5. The van der Waals surface area contributed by atoms with Gasteiger partial charge in [-0.1, -0.05) is 42.3 Å². The van der Waals surface area contributed by atoms with E-state index >= 15 is 0 Å². The number of anilines is 1. The van der Waals surface area contributed by atoms with E-state index in [0.29, 0.717) is 22.2 Å². The van der Waals surface area contributed by atoms with E-state index in [2.05, 4.69) is 4.72 Å². The molecule has 0 radical (unpaired) electrons. The normalized spacial score (nSPS) is 14.3. The number of rotatable bonds is 6. The standard InChI is InChI=1S/C19H20Cl2N2O3S/c1-3-19(12-24,15-8-7-13(20)11-16(15)21)23-10-9-14-17(22-27(2,25)26)5-4-6-18(14)23/h4-11,22,24H,3,12H2,1-2H3. The van der Waals surface area contributed by atoms with Crippen LogP contribution >= 0.6 is 23.2 Å². The van der Waals surface area contributed by atoms with Crippen molar-refractivity contribution in [1.29, 1.82) is 0 Å². The summed E-state index contributed by atoms with van der Waals surface area (Å²) in [5.74, 6) is 0. The maximum atomic E-state index is 11.7. The molecule has 0 fully saturated rings. The predicted octanol–water partition coefficient (Wildman–Crippen LogP) is 4.47. The van der Waals surface area contributed by atoms with Gasteiger partial charge >= 0.3 is 0 Å². The number of sulfonamides is 1. The summed E-state index contributed by atoms with van der Waals surface area (Å²) in [6.45, 7) is 1.78. The molecule has 0 amide bonds. The number of halogens is 2. The first-order valence-electron chi connectivity index (χ1n) is 8.36. The van der Waals surface area contributed by atoms with Crippen LogP contribution in [0.5, 0.6) is 0 Å². The van der Waals surface area contributed by atoms with E-state index in [0.717, 1.165) is 22.7 Å². The Morgan fingerprint density at radius 2 is 1.93 bits per heavy atom. The summed E-state index contributed by atoms with van der Waals surface area (Å²) in [6.07, 6.45) is 3.52. The Kier molecular flexibility index (Phi) is 5.45. The van der Waals surface area contributed by atoms with Gasteiger partial charge in [0.05, 0.1) is 29.6 Å². The van der Waals surface area contributed by atoms with Crippen LogP contribution in [0.2, 0.25) is 10.0 Å². The first-order valence-corrected chi connectivity index (χ1v) is 11.0. The highest BCUT2D eigenvalue weighted by Gasteiger charge is 2.34. The lowest BCUT2D eigenvalue weighted by molar-refractivity contribution is 0.165. The molecule has 0 aliphatic heterocycles. The maximum Gasteiger partial charge on any atom is 0.229 e. The van der Waals surface area contributed by atoms with Crippen LogP contribution < -0.4 is 4.72 Å². The van der Waals surface area contributed by atoms with Gasteiger partial charge in [-0.2, -0.15) is 0 Å². The molecule has 27 heavy (non-hydrogen) atoms. The molecule has 144 valence electrons. The van der Waals surface area contributed by atoms with Crippen molar-refractivity contribution in [3.63, 3.8) is 0 Å². The molecule has 1 heterocycles. The molecule has 1 atom stereocenters. The van der Waals surface area contributed by atoms with Crippen LogP contribution in [0.3, 0.4) is 0 Å². The zero-order valence-corrected chi connectivity index (χ0v) is 17.2. The third-order valence-corrected chi connectivity index (χ3v) is 5.91. The van der Waals surface area contributed by atoms with E-state index in [-0.39, 0.29) is 6.61 Å². The average molecular weight is 427 g/mol. The van der Waals surface area contributed by atoms with E-state index in [4.69, 9.17) is 23.2 Å². The Morgan fingerprint density at radius 1 is 1.19 bits per heavy atom. The van der Waals surface area contributed by atoms with E-state index in [9.17, 15) is 13.5 Å². The minimum Gasteiger partial charge on any atom is -0.394 e. The number of nitrogens with zero attached hydrogens (tertiary/aromatic N) is 1. The zero-order valence-electron chi connectivity index (χ0n) is 14.9. The van der Waals surface area contributed by atoms with Crippen LogP contribution in [0.25, 0.3) is 10.9 Å². The lowest BCUT2D eigenvalue weighted by Gasteiger charge is -2.35.